The fourth-order valence-corrected chi connectivity index (χ4v) is 6.77. The van der Waals surface area contributed by atoms with E-state index in [0.717, 1.165) is 40.1 Å². The van der Waals surface area contributed by atoms with E-state index in [-0.39, 0.29) is 16.8 Å². The number of aryl methyl sites for hydroxylation is 1. The first-order valence-electron chi connectivity index (χ1n) is 10.5. The third-order valence-corrected chi connectivity index (χ3v) is 8.88. The van der Waals surface area contributed by atoms with E-state index in [1.54, 1.807) is 39.7 Å². The van der Waals surface area contributed by atoms with Crippen molar-refractivity contribution in [1.82, 2.24) is 14.2 Å². The van der Waals surface area contributed by atoms with Crippen molar-refractivity contribution in [2.24, 2.45) is 0 Å². The van der Waals surface area contributed by atoms with Gasteiger partial charge in [0, 0.05) is 25.2 Å². The molecule has 0 saturated carbocycles. The molecule has 1 aliphatic rings. The molecule has 31 heavy (non-hydrogen) atoms. The molecular formula is C23H27N3O3S2. The van der Waals surface area contributed by atoms with Crippen LogP contribution in [0.5, 0.6) is 0 Å². The van der Waals surface area contributed by atoms with Crippen LogP contribution in [0, 0.1) is 6.92 Å². The molecule has 1 aliphatic heterocycles. The molecule has 0 aliphatic carbocycles. The first-order chi connectivity index (χ1) is 14.8. The second-order valence-corrected chi connectivity index (χ2v) is 11.2. The number of benzene rings is 2. The van der Waals surface area contributed by atoms with Crippen LogP contribution in [-0.4, -0.2) is 48.1 Å². The van der Waals surface area contributed by atoms with Crippen molar-refractivity contribution in [3.05, 3.63) is 58.6 Å². The largest absolute Gasteiger partial charge is 0.335 e. The summed E-state index contributed by atoms with van der Waals surface area (Å²) in [6, 6.07) is 12.7. The number of carbonyl (C=O) groups is 1. The standard InChI is InChI=1S/C23H27N3O3S2/c1-16-11-12-18(31(28,29)26-13-7-6-8-17(26)2)14-19(16)23(27)25(3)15-22-24-20-9-4-5-10-21(20)30-22/h4-5,9-12,14,17H,6-8,13,15H2,1-3H3. The van der Waals surface area contributed by atoms with Crippen molar-refractivity contribution >= 4 is 37.5 Å². The Bertz CT molecular complexity index is 1190. The summed E-state index contributed by atoms with van der Waals surface area (Å²) in [4.78, 5) is 19.6. The Hall–Kier alpha value is -2.29. The zero-order valence-electron chi connectivity index (χ0n) is 18.0. The minimum Gasteiger partial charge on any atom is -0.335 e. The lowest BCUT2D eigenvalue weighted by Crippen LogP contribution is -2.42. The fourth-order valence-electron chi connectivity index (χ4n) is 4.02. The number of para-hydroxylation sites is 1. The van der Waals surface area contributed by atoms with Crippen LogP contribution in [0.1, 0.15) is 47.1 Å². The molecule has 3 aromatic rings. The molecule has 6 nitrogen and oxygen atoms in total. The summed E-state index contributed by atoms with van der Waals surface area (Å²) in [5, 5.41) is 0.848. The third-order valence-electron chi connectivity index (χ3n) is 5.85. The molecule has 1 amide bonds. The molecule has 1 saturated heterocycles. The SMILES string of the molecule is Cc1ccc(S(=O)(=O)N2CCCCC2C)cc1C(=O)N(C)Cc1nc2ccccc2s1. The highest BCUT2D eigenvalue weighted by atomic mass is 32.2. The topological polar surface area (TPSA) is 70.6 Å². The van der Waals surface area contributed by atoms with Gasteiger partial charge in [-0.1, -0.05) is 24.6 Å². The van der Waals surface area contributed by atoms with E-state index < -0.39 is 10.0 Å². The van der Waals surface area contributed by atoms with Crippen LogP contribution in [-0.2, 0) is 16.6 Å². The number of rotatable bonds is 5. The minimum atomic E-state index is -3.63. The number of aromatic nitrogens is 1. The highest BCUT2D eigenvalue weighted by Crippen LogP contribution is 2.27. The molecule has 0 radical (unpaired) electrons. The first-order valence-corrected chi connectivity index (χ1v) is 12.8. The zero-order chi connectivity index (χ0) is 22.2. The molecule has 8 heteroatoms. The molecule has 2 heterocycles. The molecule has 4 rings (SSSR count). The van der Waals surface area contributed by atoms with Gasteiger partial charge >= 0.3 is 0 Å². The van der Waals surface area contributed by atoms with Crippen LogP contribution in [0.25, 0.3) is 10.2 Å². The molecule has 164 valence electrons. The Morgan fingerprint density at radius 3 is 2.74 bits per heavy atom. The quantitative estimate of drug-likeness (QED) is 0.568. The Morgan fingerprint density at radius 2 is 2.00 bits per heavy atom. The number of carbonyl (C=O) groups excluding carboxylic acids is 1. The van der Waals surface area contributed by atoms with E-state index in [9.17, 15) is 13.2 Å². The van der Waals surface area contributed by atoms with E-state index in [1.165, 1.54) is 6.07 Å². The van der Waals surface area contributed by atoms with Crippen molar-refractivity contribution in [1.29, 1.82) is 0 Å². The summed E-state index contributed by atoms with van der Waals surface area (Å²) in [5.41, 5.74) is 2.09. The number of amides is 1. The van der Waals surface area contributed by atoms with E-state index in [2.05, 4.69) is 4.98 Å². The van der Waals surface area contributed by atoms with Gasteiger partial charge in [-0.2, -0.15) is 4.31 Å². The number of piperidine rings is 1. The highest BCUT2D eigenvalue weighted by molar-refractivity contribution is 7.89. The molecule has 0 bridgehead atoms. The number of hydrogen-bond acceptors (Lipinski definition) is 5. The van der Waals surface area contributed by atoms with Gasteiger partial charge in [0.1, 0.15) is 5.01 Å². The van der Waals surface area contributed by atoms with E-state index in [1.807, 2.05) is 38.1 Å². The molecule has 0 spiro atoms. The van der Waals surface area contributed by atoms with Gasteiger partial charge in [0.05, 0.1) is 21.7 Å². The van der Waals surface area contributed by atoms with Crippen LogP contribution in [0.4, 0.5) is 0 Å². The van der Waals surface area contributed by atoms with Crippen LogP contribution < -0.4 is 0 Å². The number of sulfonamides is 1. The minimum absolute atomic E-state index is 0.0269. The monoisotopic (exact) mass is 457 g/mol. The first kappa shape index (κ1) is 21.9. The van der Waals surface area contributed by atoms with Gasteiger partial charge in [-0.15, -0.1) is 11.3 Å². The Morgan fingerprint density at radius 1 is 1.23 bits per heavy atom. The summed E-state index contributed by atoms with van der Waals surface area (Å²) in [5.74, 6) is -0.208. The molecule has 1 fully saturated rings. The van der Waals surface area contributed by atoms with Gasteiger partial charge in [0.25, 0.3) is 5.91 Å². The highest BCUT2D eigenvalue weighted by Gasteiger charge is 2.31. The lowest BCUT2D eigenvalue weighted by atomic mass is 10.1. The summed E-state index contributed by atoms with van der Waals surface area (Å²) in [6.07, 6.45) is 2.77. The maximum absolute atomic E-state index is 13.2. The predicted octanol–water partition coefficient (Wildman–Crippen LogP) is 4.44. The van der Waals surface area contributed by atoms with Gasteiger partial charge in [0.2, 0.25) is 10.0 Å². The van der Waals surface area contributed by atoms with Crippen LogP contribution in [0.2, 0.25) is 0 Å². The smallest absolute Gasteiger partial charge is 0.254 e. The van der Waals surface area contributed by atoms with Crippen molar-refractivity contribution < 1.29 is 13.2 Å². The number of hydrogen-bond donors (Lipinski definition) is 0. The van der Waals surface area contributed by atoms with Gasteiger partial charge < -0.3 is 4.90 Å². The molecule has 2 aromatic carbocycles. The summed E-state index contributed by atoms with van der Waals surface area (Å²) >= 11 is 1.56. The Balaban J connectivity index is 1.59. The summed E-state index contributed by atoms with van der Waals surface area (Å²) in [6.45, 7) is 4.68. The number of nitrogens with zero attached hydrogens (tertiary/aromatic N) is 3. The predicted molar refractivity (Wildman–Crippen MR) is 124 cm³/mol. The van der Waals surface area contributed by atoms with Gasteiger partial charge in [0.15, 0.2) is 0 Å². The average molecular weight is 458 g/mol. The average Bonchev–Trinajstić information content (AvgIpc) is 3.15. The summed E-state index contributed by atoms with van der Waals surface area (Å²) < 4.78 is 29.1. The lowest BCUT2D eigenvalue weighted by Gasteiger charge is -2.32. The molecule has 1 aromatic heterocycles. The van der Waals surface area contributed by atoms with Crippen LogP contribution in [0.3, 0.4) is 0 Å². The van der Waals surface area contributed by atoms with Gasteiger partial charge in [-0.05, 0) is 56.5 Å². The van der Waals surface area contributed by atoms with Gasteiger partial charge in [-0.3, -0.25) is 4.79 Å². The molecular weight excluding hydrogens is 430 g/mol. The van der Waals surface area contributed by atoms with Crippen molar-refractivity contribution in [2.75, 3.05) is 13.6 Å². The summed E-state index contributed by atoms with van der Waals surface area (Å²) in [7, 11) is -1.91. The Kier molecular flexibility index (Phi) is 6.14. The molecule has 1 unspecified atom stereocenters. The maximum atomic E-state index is 13.2. The normalized spacial score (nSPS) is 17.7. The second-order valence-electron chi connectivity index (χ2n) is 8.17. The van der Waals surface area contributed by atoms with Crippen LogP contribution >= 0.6 is 11.3 Å². The molecule has 0 N–H and O–H groups in total. The van der Waals surface area contributed by atoms with E-state index in [0.29, 0.717) is 18.7 Å². The maximum Gasteiger partial charge on any atom is 0.254 e. The third kappa shape index (κ3) is 4.37. The number of fused-ring (bicyclic) bond motifs is 1. The van der Waals surface area contributed by atoms with Crippen molar-refractivity contribution in [3.8, 4) is 0 Å². The van der Waals surface area contributed by atoms with Crippen molar-refractivity contribution in [2.45, 2.75) is 50.6 Å². The van der Waals surface area contributed by atoms with Crippen molar-refractivity contribution in [3.63, 3.8) is 0 Å². The van der Waals surface area contributed by atoms with Gasteiger partial charge in [-0.25, -0.2) is 13.4 Å². The Labute approximate surface area is 187 Å². The lowest BCUT2D eigenvalue weighted by molar-refractivity contribution is 0.0784. The van der Waals surface area contributed by atoms with E-state index in [4.69, 9.17) is 0 Å². The number of thiazole rings is 1. The second kappa shape index (κ2) is 8.68. The van der Waals surface area contributed by atoms with Crippen LogP contribution in [0.15, 0.2) is 47.4 Å². The molecule has 1 atom stereocenters. The zero-order valence-corrected chi connectivity index (χ0v) is 19.7. The van der Waals surface area contributed by atoms with E-state index >= 15 is 0 Å². The fraction of sp³-hybridized carbons (Fsp3) is 0.391.